The number of hydrogen-bond donors (Lipinski definition) is 0. The molecule has 7 heteroatoms. The summed E-state index contributed by atoms with van der Waals surface area (Å²) in [7, 11) is 1.36. The maximum atomic E-state index is 12.0. The van der Waals surface area contributed by atoms with Gasteiger partial charge in [0.05, 0.1) is 17.8 Å². The van der Waals surface area contributed by atoms with Crippen molar-refractivity contribution >= 4 is 52.1 Å². The molecule has 0 N–H and O–H groups in total. The molecule has 0 unspecified atom stereocenters. The van der Waals surface area contributed by atoms with Crippen molar-refractivity contribution in [3.63, 3.8) is 0 Å². The minimum atomic E-state index is -0.373. The molecule has 5 rings (SSSR count). The lowest BCUT2D eigenvalue weighted by Gasteiger charge is -2.08. The molecule has 5 nitrogen and oxygen atoms in total. The van der Waals surface area contributed by atoms with Gasteiger partial charge in [-0.05, 0) is 64.4 Å². The van der Waals surface area contributed by atoms with Crippen LogP contribution in [0.1, 0.15) is 17.0 Å². The Balaban J connectivity index is 1.38. The quantitative estimate of drug-likeness (QED) is 0.187. The zero-order valence-electron chi connectivity index (χ0n) is 20.6. The van der Waals surface area contributed by atoms with Gasteiger partial charge in [-0.15, -0.1) is 0 Å². The number of ether oxygens (including phenoxy) is 2. The lowest BCUT2D eigenvalue weighted by molar-refractivity contribution is -0.141. The largest absolute Gasteiger partial charge is 0.489 e. The second-order valence-corrected chi connectivity index (χ2v) is 9.53. The first-order valence-corrected chi connectivity index (χ1v) is 12.7. The molecule has 0 aliphatic carbocycles. The van der Waals surface area contributed by atoms with E-state index in [1.165, 1.54) is 7.11 Å². The Morgan fingerprint density at radius 3 is 2.50 bits per heavy atom. The number of aromatic nitrogens is 2. The van der Waals surface area contributed by atoms with Crippen molar-refractivity contribution in [2.24, 2.45) is 0 Å². The Morgan fingerprint density at radius 1 is 0.921 bits per heavy atom. The fourth-order valence-corrected chi connectivity index (χ4v) is 4.57. The van der Waals surface area contributed by atoms with Gasteiger partial charge in [0.2, 0.25) is 0 Å². The van der Waals surface area contributed by atoms with Crippen molar-refractivity contribution in [1.82, 2.24) is 9.55 Å². The van der Waals surface area contributed by atoms with E-state index in [1.807, 2.05) is 72.8 Å². The van der Waals surface area contributed by atoms with Crippen LogP contribution in [0.15, 0.2) is 91.1 Å². The van der Waals surface area contributed by atoms with E-state index in [-0.39, 0.29) is 12.5 Å². The fourth-order valence-electron chi connectivity index (χ4n) is 4.07. The Morgan fingerprint density at radius 2 is 1.71 bits per heavy atom. The molecule has 1 heterocycles. The molecule has 5 aromatic rings. The van der Waals surface area contributed by atoms with Crippen molar-refractivity contribution < 1.29 is 14.3 Å². The maximum Gasteiger partial charge on any atom is 0.325 e. The number of rotatable bonds is 8. The third-order valence-corrected chi connectivity index (χ3v) is 6.60. The van der Waals surface area contributed by atoms with Crippen LogP contribution < -0.4 is 4.74 Å². The number of halogens is 2. The van der Waals surface area contributed by atoms with Crippen LogP contribution in [0.3, 0.4) is 0 Å². The highest BCUT2D eigenvalue weighted by Gasteiger charge is 2.13. The summed E-state index contributed by atoms with van der Waals surface area (Å²) in [5, 5.41) is 3.20. The molecule has 0 atom stereocenters. The first-order chi connectivity index (χ1) is 18.5. The number of nitrogens with zero attached hydrogens (tertiary/aromatic N) is 2. The van der Waals surface area contributed by atoms with Gasteiger partial charge in [-0.2, -0.15) is 0 Å². The van der Waals surface area contributed by atoms with Crippen LogP contribution in [0.4, 0.5) is 0 Å². The van der Waals surface area contributed by atoms with E-state index in [2.05, 4.69) is 12.1 Å². The number of imidazole rings is 1. The Labute approximate surface area is 230 Å². The van der Waals surface area contributed by atoms with Crippen molar-refractivity contribution in [1.29, 1.82) is 0 Å². The number of hydrogen-bond acceptors (Lipinski definition) is 4. The van der Waals surface area contributed by atoms with Gasteiger partial charge in [0.1, 0.15) is 24.7 Å². The van der Waals surface area contributed by atoms with E-state index < -0.39 is 0 Å². The summed E-state index contributed by atoms with van der Waals surface area (Å²) in [4.78, 5) is 16.7. The van der Waals surface area contributed by atoms with Gasteiger partial charge in [0, 0.05) is 16.8 Å². The summed E-state index contributed by atoms with van der Waals surface area (Å²) in [6, 6.07) is 27.6. The zero-order chi connectivity index (χ0) is 26.5. The Hall–Kier alpha value is -4.06. The molecule has 0 saturated heterocycles. The van der Waals surface area contributed by atoms with Crippen LogP contribution in [0, 0.1) is 0 Å². The molecule has 190 valence electrons. The third kappa shape index (κ3) is 6.08. The smallest absolute Gasteiger partial charge is 0.325 e. The fraction of sp³-hybridized carbons (Fsp3) is 0.0968. The second-order valence-electron chi connectivity index (χ2n) is 8.69. The van der Waals surface area contributed by atoms with Crippen molar-refractivity contribution in [3.8, 4) is 17.0 Å². The van der Waals surface area contributed by atoms with Crippen molar-refractivity contribution in [2.45, 2.75) is 13.2 Å². The number of benzene rings is 4. The third-order valence-electron chi connectivity index (χ3n) is 6.05. The number of carbonyl (C=O) groups excluding carboxylic acids is 1. The van der Waals surface area contributed by atoms with Gasteiger partial charge in [-0.25, -0.2) is 4.98 Å². The van der Waals surface area contributed by atoms with Gasteiger partial charge in [-0.1, -0.05) is 77.8 Å². The molecule has 0 saturated carbocycles. The number of carbonyl (C=O) groups is 1. The van der Waals surface area contributed by atoms with Crippen LogP contribution in [0.25, 0.3) is 34.2 Å². The van der Waals surface area contributed by atoms with E-state index in [0.29, 0.717) is 28.2 Å². The van der Waals surface area contributed by atoms with Gasteiger partial charge in [0.15, 0.2) is 0 Å². The normalized spacial score (nSPS) is 11.2. The molecular formula is C31H24Cl2N2O3. The summed E-state index contributed by atoms with van der Waals surface area (Å²) in [5.74, 6) is 1.05. The highest BCUT2D eigenvalue weighted by atomic mass is 35.5. The summed E-state index contributed by atoms with van der Waals surface area (Å²) in [6.07, 6.45) is 5.61. The SMILES string of the molecule is COC(=O)Cn1cc(-c2ccc(Cl)cc2Cl)nc1/C=C/c1ccc2cc(OCc3ccccc3)ccc2c1. The maximum absolute atomic E-state index is 12.0. The van der Waals surface area contributed by atoms with E-state index >= 15 is 0 Å². The molecule has 1 aromatic heterocycles. The molecule has 0 bridgehead atoms. The van der Waals surface area contributed by atoms with Crippen molar-refractivity contribution in [2.75, 3.05) is 7.11 Å². The summed E-state index contributed by atoms with van der Waals surface area (Å²) in [6.45, 7) is 0.548. The molecule has 0 aliphatic heterocycles. The van der Waals surface area contributed by atoms with Crippen LogP contribution in [0.5, 0.6) is 5.75 Å². The minimum Gasteiger partial charge on any atom is -0.489 e. The molecule has 0 fully saturated rings. The first kappa shape index (κ1) is 25.6. The van der Waals surface area contributed by atoms with E-state index in [1.54, 1.807) is 22.9 Å². The van der Waals surface area contributed by atoms with Crippen LogP contribution in [0.2, 0.25) is 10.0 Å². The standard InChI is InChI=1S/C31H24Cl2N2O3/c1-37-31(36)19-35-18-29(27-13-11-25(32)17-28(27)33)34-30(35)14-8-21-7-9-24-16-26(12-10-23(24)15-21)38-20-22-5-3-2-4-6-22/h2-18H,19-20H2,1H3/b14-8+. The average molecular weight is 543 g/mol. The first-order valence-electron chi connectivity index (χ1n) is 12.0. The molecule has 0 aliphatic rings. The minimum absolute atomic E-state index is 0.0257. The second kappa shape index (κ2) is 11.5. The molecule has 4 aromatic carbocycles. The topological polar surface area (TPSA) is 53.4 Å². The van der Waals surface area contributed by atoms with Crippen LogP contribution >= 0.6 is 23.2 Å². The summed E-state index contributed by atoms with van der Waals surface area (Å²) < 4.78 is 12.6. The number of esters is 1. The lowest BCUT2D eigenvalue weighted by atomic mass is 10.1. The Kier molecular flexibility index (Phi) is 7.78. The predicted molar refractivity (Wildman–Crippen MR) is 153 cm³/mol. The van der Waals surface area contributed by atoms with Gasteiger partial charge in [0.25, 0.3) is 0 Å². The molecular weight excluding hydrogens is 519 g/mol. The molecule has 0 radical (unpaired) electrons. The average Bonchev–Trinajstić information content (AvgIpc) is 3.32. The Bertz CT molecular complexity index is 1630. The molecule has 0 spiro atoms. The van der Waals surface area contributed by atoms with Gasteiger partial charge in [-0.3, -0.25) is 4.79 Å². The number of fused-ring (bicyclic) bond motifs is 1. The van der Waals surface area contributed by atoms with E-state index in [0.717, 1.165) is 33.2 Å². The highest BCUT2D eigenvalue weighted by Crippen LogP contribution is 2.30. The molecule has 38 heavy (non-hydrogen) atoms. The zero-order valence-corrected chi connectivity index (χ0v) is 22.1. The van der Waals surface area contributed by atoms with E-state index in [4.69, 9.17) is 37.7 Å². The summed E-state index contributed by atoms with van der Waals surface area (Å²) in [5.41, 5.74) is 3.48. The molecule has 0 amide bonds. The lowest BCUT2D eigenvalue weighted by Crippen LogP contribution is -2.11. The van der Waals surface area contributed by atoms with Crippen LogP contribution in [-0.4, -0.2) is 22.6 Å². The van der Waals surface area contributed by atoms with Gasteiger partial charge >= 0.3 is 5.97 Å². The predicted octanol–water partition coefficient (Wildman–Crippen LogP) is 7.93. The van der Waals surface area contributed by atoms with Crippen molar-refractivity contribution in [3.05, 3.63) is 118 Å². The monoisotopic (exact) mass is 542 g/mol. The summed E-state index contributed by atoms with van der Waals surface area (Å²) >= 11 is 12.4. The van der Waals surface area contributed by atoms with Crippen LogP contribution in [-0.2, 0) is 22.7 Å². The van der Waals surface area contributed by atoms with Gasteiger partial charge < -0.3 is 14.0 Å². The van der Waals surface area contributed by atoms with E-state index in [9.17, 15) is 4.79 Å². The number of methoxy groups -OCH3 is 1. The highest BCUT2D eigenvalue weighted by molar-refractivity contribution is 6.36.